The van der Waals surface area contributed by atoms with E-state index in [-0.39, 0.29) is 13.1 Å². The molecule has 3 heterocycles. The predicted octanol–water partition coefficient (Wildman–Crippen LogP) is 6.80. The van der Waals surface area contributed by atoms with Gasteiger partial charge in [0.05, 0.1) is 71.7 Å². The number of halogens is 2. The van der Waals surface area contributed by atoms with E-state index in [1.54, 1.807) is 72.8 Å². The quantitative estimate of drug-likeness (QED) is 0.149. The van der Waals surface area contributed by atoms with E-state index < -0.39 is 42.5 Å². The van der Waals surface area contributed by atoms with E-state index in [4.69, 9.17) is 23.2 Å². The molecular formula is C39H45Cl2N5O8S2. The van der Waals surface area contributed by atoms with Crippen LogP contribution in [0.2, 0.25) is 10.0 Å². The summed E-state index contributed by atoms with van der Waals surface area (Å²) in [5, 5.41) is 3.23. The van der Waals surface area contributed by atoms with Crippen LogP contribution in [0.5, 0.6) is 0 Å². The van der Waals surface area contributed by atoms with E-state index in [0.717, 1.165) is 19.3 Å². The number of nitrogens with one attached hydrogen (secondary N) is 1. The van der Waals surface area contributed by atoms with Crippen molar-refractivity contribution in [3.63, 3.8) is 0 Å². The molecule has 0 atom stereocenters. The minimum atomic E-state index is -3.62. The maximum absolute atomic E-state index is 13.4. The molecule has 0 radical (unpaired) electrons. The van der Waals surface area contributed by atoms with Crippen LogP contribution < -0.4 is 13.9 Å². The molecule has 300 valence electrons. The fourth-order valence-corrected chi connectivity index (χ4v) is 10.8. The van der Waals surface area contributed by atoms with Gasteiger partial charge in [0, 0.05) is 22.4 Å². The van der Waals surface area contributed by atoms with E-state index in [1.165, 1.54) is 35.2 Å². The lowest BCUT2D eigenvalue weighted by Gasteiger charge is -2.31. The maximum Gasteiger partial charge on any atom is 0.339 e. The molecule has 13 nitrogen and oxygen atoms in total. The summed E-state index contributed by atoms with van der Waals surface area (Å²) in [6, 6.07) is 20.0. The third kappa shape index (κ3) is 11.0. The fourth-order valence-electron chi connectivity index (χ4n) is 6.54. The second-order valence-electron chi connectivity index (χ2n) is 13.3. The molecule has 0 spiro atoms. The van der Waals surface area contributed by atoms with Crippen LogP contribution in [0, 0.1) is 0 Å². The Morgan fingerprint density at radius 3 is 1.46 bits per heavy atom. The molecule has 1 N–H and O–H groups in total. The first-order chi connectivity index (χ1) is 26.8. The molecular weight excluding hydrogens is 801 g/mol. The summed E-state index contributed by atoms with van der Waals surface area (Å²) in [6.45, 7) is 1.45. The Labute approximate surface area is 338 Å². The van der Waals surface area contributed by atoms with Crippen molar-refractivity contribution in [2.75, 3.05) is 35.9 Å². The zero-order chi connectivity index (χ0) is 40.3. The highest BCUT2D eigenvalue weighted by Crippen LogP contribution is 2.32. The van der Waals surface area contributed by atoms with Crippen molar-refractivity contribution < 1.29 is 35.9 Å². The van der Waals surface area contributed by atoms with Crippen molar-refractivity contribution in [2.45, 2.75) is 68.5 Å². The molecule has 17 heteroatoms. The third-order valence-electron chi connectivity index (χ3n) is 9.59. The Hall–Kier alpha value is -4.28. The number of rotatable bonds is 12. The smallest absolute Gasteiger partial charge is 0.339 e. The van der Waals surface area contributed by atoms with Crippen LogP contribution in [0.1, 0.15) is 77.0 Å². The minimum Gasteiger partial charge on any atom is -0.465 e. The van der Waals surface area contributed by atoms with Gasteiger partial charge >= 0.3 is 11.9 Å². The van der Waals surface area contributed by atoms with Gasteiger partial charge in [-0.3, -0.25) is 18.6 Å². The first kappa shape index (κ1) is 42.9. The number of anilines is 2. The number of carbonyl (C=O) groups excluding carboxylic acids is 2. The second kappa shape index (κ2) is 19.7. The Kier molecular flexibility index (Phi) is 15.1. The van der Waals surface area contributed by atoms with Crippen molar-refractivity contribution in [3.05, 3.63) is 118 Å². The first-order valence-electron chi connectivity index (χ1n) is 18.1. The van der Waals surface area contributed by atoms with Gasteiger partial charge in [0.15, 0.2) is 0 Å². The standard InChI is InChI=1S/C20H23ClN2O4S.C19H22ClN3O4S/c1-27-20(24)15-10-11-17(22-13-15)14-23(18-7-5-6-16(21)12-18)28(25,26)19-8-3-2-4-9-19;1-27-19(24)14-5-6-16(22-12-14)13-23(17-4-2-3-15(20)11-17)28(25,26)18-7-9-21-10-8-18/h5-7,10-13,19H,2-4,8-9,14H2,1H3;2-6,11-12,18,21H,7-10,13H2,1H3. The number of piperidine rings is 1. The van der Waals surface area contributed by atoms with Crippen molar-refractivity contribution in [2.24, 2.45) is 0 Å². The van der Waals surface area contributed by atoms with Gasteiger partial charge in [-0.1, -0.05) is 54.6 Å². The number of pyridine rings is 2. The zero-order valence-electron chi connectivity index (χ0n) is 31.1. The lowest BCUT2D eigenvalue weighted by molar-refractivity contribution is 0.0591. The Morgan fingerprint density at radius 1 is 0.661 bits per heavy atom. The normalized spacial score (nSPS) is 15.2. The summed E-state index contributed by atoms with van der Waals surface area (Å²) < 4.78 is 65.6. The number of benzene rings is 2. The van der Waals surface area contributed by atoms with Gasteiger partial charge in [0.1, 0.15) is 0 Å². The molecule has 1 saturated heterocycles. The Morgan fingerprint density at radius 2 is 1.09 bits per heavy atom. The van der Waals surface area contributed by atoms with Crippen LogP contribution in [-0.2, 0) is 42.6 Å². The van der Waals surface area contributed by atoms with Crippen LogP contribution in [-0.4, -0.2) is 76.6 Å². The molecule has 0 bridgehead atoms. The lowest BCUT2D eigenvalue weighted by Crippen LogP contribution is -2.44. The molecule has 1 aliphatic heterocycles. The number of aromatic nitrogens is 2. The van der Waals surface area contributed by atoms with Gasteiger partial charge in [-0.05, 0) is 99.4 Å². The summed E-state index contributed by atoms with van der Waals surface area (Å²) in [4.78, 5) is 31.7. The summed E-state index contributed by atoms with van der Waals surface area (Å²) in [5.74, 6) is -0.978. The first-order valence-corrected chi connectivity index (χ1v) is 21.9. The number of sulfonamides is 2. The van der Waals surface area contributed by atoms with E-state index in [1.807, 2.05) is 0 Å². The molecule has 56 heavy (non-hydrogen) atoms. The molecule has 2 aliphatic rings. The van der Waals surface area contributed by atoms with Gasteiger partial charge in [-0.25, -0.2) is 26.4 Å². The van der Waals surface area contributed by atoms with Crippen LogP contribution in [0.3, 0.4) is 0 Å². The van der Waals surface area contributed by atoms with Crippen molar-refractivity contribution in [1.29, 1.82) is 0 Å². The van der Waals surface area contributed by atoms with Gasteiger partial charge in [-0.2, -0.15) is 0 Å². The molecule has 1 saturated carbocycles. The van der Waals surface area contributed by atoms with Crippen LogP contribution in [0.15, 0.2) is 85.2 Å². The summed E-state index contributed by atoms with van der Waals surface area (Å²) in [5.41, 5.74) is 2.68. The number of nitrogens with zero attached hydrogens (tertiary/aromatic N) is 4. The number of methoxy groups -OCH3 is 2. The summed E-state index contributed by atoms with van der Waals surface area (Å²) in [7, 11) is -4.61. The zero-order valence-corrected chi connectivity index (χ0v) is 34.3. The number of ether oxygens (including phenoxy) is 2. The van der Waals surface area contributed by atoms with Gasteiger partial charge in [0.2, 0.25) is 20.0 Å². The van der Waals surface area contributed by atoms with Crippen molar-refractivity contribution >= 4 is 66.6 Å². The highest BCUT2D eigenvalue weighted by atomic mass is 35.5. The highest BCUT2D eigenvalue weighted by Gasteiger charge is 2.35. The maximum atomic E-state index is 13.4. The molecule has 0 unspecified atom stereocenters. The van der Waals surface area contributed by atoms with E-state index in [2.05, 4.69) is 24.8 Å². The number of hydrogen-bond donors (Lipinski definition) is 1. The van der Waals surface area contributed by atoms with Gasteiger partial charge < -0.3 is 14.8 Å². The number of carbonyl (C=O) groups is 2. The summed E-state index contributed by atoms with van der Waals surface area (Å²) in [6.07, 6.45) is 8.10. The van der Waals surface area contributed by atoms with Crippen LogP contribution >= 0.6 is 23.2 Å². The van der Waals surface area contributed by atoms with Crippen molar-refractivity contribution in [1.82, 2.24) is 15.3 Å². The van der Waals surface area contributed by atoms with E-state index in [0.29, 0.717) is 82.7 Å². The van der Waals surface area contributed by atoms with Gasteiger partial charge in [0.25, 0.3) is 0 Å². The average molecular weight is 847 g/mol. The fraction of sp³-hybridized carbons (Fsp3) is 0.385. The largest absolute Gasteiger partial charge is 0.465 e. The average Bonchev–Trinajstić information content (AvgIpc) is 3.22. The molecule has 2 aromatic carbocycles. The van der Waals surface area contributed by atoms with Crippen LogP contribution in [0.25, 0.3) is 0 Å². The molecule has 1 aliphatic carbocycles. The van der Waals surface area contributed by atoms with E-state index in [9.17, 15) is 26.4 Å². The molecule has 0 amide bonds. The van der Waals surface area contributed by atoms with Crippen molar-refractivity contribution in [3.8, 4) is 0 Å². The highest BCUT2D eigenvalue weighted by molar-refractivity contribution is 7.93. The Balaban J connectivity index is 0.000000214. The molecule has 2 fully saturated rings. The minimum absolute atomic E-state index is 0.0497. The monoisotopic (exact) mass is 845 g/mol. The molecule has 4 aromatic rings. The number of hydrogen-bond acceptors (Lipinski definition) is 11. The number of esters is 2. The predicted molar refractivity (Wildman–Crippen MR) is 217 cm³/mol. The SMILES string of the molecule is COC(=O)c1ccc(CN(c2cccc(Cl)c2)S(=O)(=O)C2CCCCC2)nc1.COC(=O)c1ccc(CN(c2cccc(Cl)c2)S(=O)(=O)C2CCNCC2)nc1. The molecule has 2 aromatic heterocycles. The second-order valence-corrected chi connectivity index (χ2v) is 18.5. The van der Waals surface area contributed by atoms with Gasteiger partial charge in [-0.15, -0.1) is 0 Å². The topological polar surface area (TPSA) is 165 Å². The van der Waals surface area contributed by atoms with Crippen LogP contribution in [0.4, 0.5) is 11.4 Å². The molecule has 6 rings (SSSR count). The lowest BCUT2D eigenvalue weighted by atomic mass is 10.0. The third-order valence-corrected chi connectivity index (χ3v) is 14.6. The Bertz CT molecular complexity index is 2010. The summed E-state index contributed by atoms with van der Waals surface area (Å²) >= 11 is 12.2. The van der Waals surface area contributed by atoms with E-state index >= 15 is 0 Å².